The third-order valence-electron chi connectivity index (χ3n) is 5.60. The maximum Gasteiger partial charge on any atom is 0.120 e. The van der Waals surface area contributed by atoms with Gasteiger partial charge in [-0.3, -0.25) is 4.90 Å². The molecule has 2 nitrogen and oxygen atoms in total. The molecule has 0 radical (unpaired) electrons. The Labute approximate surface area is 181 Å². The fourth-order valence-electron chi connectivity index (χ4n) is 3.92. The van der Waals surface area contributed by atoms with Crippen molar-refractivity contribution < 1.29 is 4.74 Å². The maximum atomic E-state index is 6.04. The summed E-state index contributed by atoms with van der Waals surface area (Å²) in [6.45, 7) is 12.3. The van der Waals surface area contributed by atoms with Crippen LogP contribution in [0.15, 0.2) is 97.6 Å². The van der Waals surface area contributed by atoms with E-state index in [1.54, 1.807) is 0 Å². The number of ether oxygens (including phenoxy) is 1. The highest BCUT2D eigenvalue weighted by Gasteiger charge is 2.19. The molecule has 0 N–H and O–H groups in total. The molecule has 0 saturated carbocycles. The van der Waals surface area contributed by atoms with Gasteiger partial charge in [-0.25, -0.2) is 0 Å². The highest BCUT2D eigenvalue weighted by molar-refractivity contribution is 5.33. The van der Waals surface area contributed by atoms with Gasteiger partial charge < -0.3 is 4.74 Å². The average molecular weight is 400 g/mol. The fraction of sp³-hybridized carbons (Fsp3) is 0.286. The Morgan fingerprint density at radius 1 is 0.900 bits per heavy atom. The minimum Gasteiger partial charge on any atom is -0.489 e. The topological polar surface area (TPSA) is 12.5 Å². The highest BCUT2D eigenvalue weighted by atomic mass is 16.5. The molecule has 0 aliphatic carbocycles. The van der Waals surface area contributed by atoms with Crippen LogP contribution in [0.1, 0.15) is 36.5 Å². The van der Waals surface area contributed by atoms with Crippen molar-refractivity contribution in [3.63, 3.8) is 0 Å². The lowest BCUT2D eigenvalue weighted by Gasteiger charge is -2.29. The Balaban J connectivity index is 1.64. The first-order valence-electron chi connectivity index (χ1n) is 10.8. The van der Waals surface area contributed by atoms with Gasteiger partial charge in [-0.05, 0) is 41.3 Å². The van der Waals surface area contributed by atoms with Crippen LogP contribution in [0.3, 0.4) is 0 Å². The second-order valence-corrected chi connectivity index (χ2v) is 7.90. The van der Waals surface area contributed by atoms with Crippen LogP contribution in [-0.2, 0) is 13.2 Å². The number of hydrogen-bond donors (Lipinski definition) is 0. The van der Waals surface area contributed by atoms with E-state index in [0.29, 0.717) is 12.5 Å². The smallest absolute Gasteiger partial charge is 0.120 e. The van der Waals surface area contributed by atoms with Crippen LogP contribution in [0.5, 0.6) is 5.75 Å². The summed E-state index contributed by atoms with van der Waals surface area (Å²) in [6.07, 6.45) is 2.08. The van der Waals surface area contributed by atoms with Crippen LogP contribution in [0, 0.1) is 5.92 Å². The molecule has 3 aromatic carbocycles. The van der Waals surface area contributed by atoms with E-state index >= 15 is 0 Å². The summed E-state index contributed by atoms with van der Waals surface area (Å²) in [5.41, 5.74) is 3.80. The SMILES string of the molecule is C=C[C@@H](c1cccc(OCc2ccccc2)c1)[C@@H](C)CN(CC)Cc1ccccc1. The number of nitrogens with zero attached hydrogens (tertiary/aromatic N) is 1. The molecular weight excluding hydrogens is 366 g/mol. The van der Waals surface area contributed by atoms with E-state index in [9.17, 15) is 0 Å². The van der Waals surface area contributed by atoms with Gasteiger partial charge in [0.2, 0.25) is 0 Å². The van der Waals surface area contributed by atoms with Gasteiger partial charge in [-0.1, -0.05) is 92.7 Å². The average Bonchev–Trinajstić information content (AvgIpc) is 2.79. The van der Waals surface area contributed by atoms with E-state index in [-0.39, 0.29) is 5.92 Å². The predicted molar refractivity (Wildman–Crippen MR) is 127 cm³/mol. The van der Waals surface area contributed by atoms with Gasteiger partial charge in [0.05, 0.1) is 0 Å². The molecule has 0 saturated heterocycles. The lowest BCUT2D eigenvalue weighted by molar-refractivity contribution is 0.232. The van der Waals surface area contributed by atoms with Crippen molar-refractivity contribution in [2.24, 2.45) is 5.92 Å². The Kier molecular flexibility index (Phi) is 8.29. The molecule has 0 aromatic heterocycles. The van der Waals surface area contributed by atoms with Crippen LogP contribution >= 0.6 is 0 Å². The van der Waals surface area contributed by atoms with Gasteiger partial charge in [-0.2, -0.15) is 0 Å². The van der Waals surface area contributed by atoms with E-state index in [4.69, 9.17) is 4.74 Å². The van der Waals surface area contributed by atoms with Crippen molar-refractivity contribution in [2.75, 3.05) is 13.1 Å². The van der Waals surface area contributed by atoms with Crippen LogP contribution in [0.4, 0.5) is 0 Å². The molecule has 0 aliphatic heterocycles. The first kappa shape index (κ1) is 21.9. The van der Waals surface area contributed by atoms with Crippen LogP contribution in [0.2, 0.25) is 0 Å². The third-order valence-corrected chi connectivity index (χ3v) is 5.60. The van der Waals surface area contributed by atoms with Crippen molar-refractivity contribution in [3.8, 4) is 5.75 Å². The van der Waals surface area contributed by atoms with Crippen molar-refractivity contribution >= 4 is 0 Å². The number of rotatable bonds is 11. The monoisotopic (exact) mass is 399 g/mol. The molecule has 0 spiro atoms. The van der Waals surface area contributed by atoms with Gasteiger partial charge in [-0.15, -0.1) is 6.58 Å². The zero-order chi connectivity index (χ0) is 21.2. The summed E-state index contributed by atoms with van der Waals surface area (Å²) in [5.74, 6) is 1.65. The van der Waals surface area contributed by atoms with E-state index in [0.717, 1.165) is 25.4 Å². The number of benzene rings is 3. The lowest BCUT2D eigenvalue weighted by Crippen LogP contribution is -2.30. The molecule has 0 heterocycles. The molecular formula is C28H33NO. The molecule has 2 atom stereocenters. The third kappa shape index (κ3) is 6.33. The fourth-order valence-corrected chi connectivity index (χ4v) is 3.92. The Bertz CT molecular complexity index is 891. The van der Waals surface area contributed by atoms with Gasteiger partial charge in [0.1, 0.15) is 12.4 Å². The molecule has 0 bridgehead atoms. The summed E-state index contributed by atoms with van der Waals surface area (Å²) >= 11 is 0. The van der Waals surface area contributed by atoms with E-state index in [2.05, 4.69) is 92.1 Å². The summed E-state index contributed by atoms with van der Waals surface area (Å²) in [7, 11) is 0. The van der Waals surface area contributed by atoms with Crippen LogP contribution < -0.4 is 4.74 Å². The van der Waals surface area contributed by atoms with Crippen molar-refractivity contribution in [1.82, 2.24) is 4.90 Å². The van der Waals surface area contributed by atoms with Gasteiger partial charge in [0, 0.05) is 19.0 Å². The predicted octanol–water partition coefficient (Wildman–Crippen LogP) is 6.69. The van der Waals surface area contributed by atoms with Gasteiger partial charge in [0.25, 0.3) is 0 Å². The first-order chi connectivity index (χ1) is 14.7. The number of hydrogen-bond acceptors (Lipinski definition) is 2. The minimum atomic E-state index is 0.287. The Morgan fingerprint density at radius 2 is 1.57 bits per heavy atom. The highest BCUT2D eigenvalue weighted by Crippen LogP contribution is 2.29. The van der Waals surface area contributed by atoms with Crippen molar-refractivity contribution in [3.05, 3.63) is 114 Å². The largest absolute Gasteiger partial charge is 0.489 e. The van der Waals surface area contributed by atoms with E-state index in [1.165, 1.54) is 16.7 Å². The summed E-state index contributed by atoms with van der Waals surface area (Å²) < 4.78 is 6.04. The first-order valence-corrected chi connectivity index (χ1v) is 10.8. The molecule has 156 valence electrons. The molecule has 2 heteroatoms. The Hall–Kier alpha value is -2.84. The standard InChI is InChI=1S/C28H33NO/c1-4-28(23(3)20-29(5-2)21-24-13-8-6-9-14-24)26-17-12-18-27(19-26)30-22-25-15-10-7-11-16-25/h4,6-19,23,28H,1,5,20-22H2,2-3H3/t23-,28+/m0/s1. The summed E-state index contributed by atoms with van der Waals surface area (Å²) in [6, 6.07) is 29.4. The lowest BCUT2D eigenvalue weighted by atomic mass is 9.86. The zero-order valence-electron chi connectivity index (χ0n) is 18.2. The molecule has 0 fully saturated rings. The molecule has 0 unspecified atom stereocenters. The number of allylic oxidation sites excluding steroid dienone is 1. The molecule has 0 aliphatic rings. The van der Waals surface area contributed by atoms with E-state index in [1.807, 2.05) is 24.3 Å². The minimum absolute atomic E-state index is 0.287. The van der Waals surface area contributed by atoms with Crippen molar-refractivity contribution in [1.29, 1.82) is 0 Å². The summed E-state index contributed by atoms with van der Waals surface area (Å²) in [5, 5.41) is 0. The zero-order valence-corrected chi connectivity index (χ0v) is 18.2. The normalized spacial score (nSPS) is 13.0. The molecule has 0 amide bonds. The maximum absolute atomic E-state index is 6.04. The molecule has 30 heavy (non-hydrogen) atoms. The second-order valence-electron chi connectivity index (χ2n) is 7.90. The quantitative estimate of drug-likeness (QED) is 0.333. The van der Waals surface area contributed by atoms with Crippen molar-refractivity contribution in [2.45, 2.75) is 32.9 Å². The molecule has 3 rings (SSSR count). The van der Waals surface area contributed by atoms with Crippen LogP contribution in [-0.4, -0.2) is 18.0 Å². The Morgan fingerprint density at radius 3 is 2.20 bits per heavy atom. The molecule has 3 aromatic rings. The second kappa shape index (κ2) is 11.4. The van der Waals surface area contributed by atoms with Gasteiger partial charge in [0.15, 0.2) is 0 Å². The van der Waals surface area contributed by atoms with E-state index < -0.39 is 0 Å². The van der Waals surface area contributed by atoms with Crippen LogP contribution in [0.25, 0.3) is 0 Å². The van der Waals surface area contributed by atoms with Gasteiger partial charge >= 0.3 is 0 Å². The summed E-state index contributed by atoms with van der Waals surface area (Å²) in [4.78, 5) is 2.51.